The molecule has 0 saturated heterocycles. The molecule has 2 rings (SSSR count). The first kappa shape index (κ1) is 6.86. The van der Waals surface area contributed by atoms with Crippen LogP contribution in [0.1, 0.15) is 6.92 Å². The zero-order valence-electron chi connectivity index (χ0n) is 6.65. The summed E-state index contributed by atoms with van der Waals surface area (Å²) in [6.45, 7) is 1.77. The van der Waals surface area contributed by atoms with E-state index in [9.17, 15) is 0 Å². The molecule has 0 radical (unpaired) electrons. The average Bonchev–Trinajstić information content (AvgIpc) is 2.50. The van der Waals surface area contributed by atoms with Crippen molar-refractivity contribution in [1.82, 2.24) is 15.0 Å². The van der Waals surface area contributed by atoms with E-state index in [4.69, 9.17) is 0 Å². The van der Waals surface area contributed by atoms with E-state index in [1.165, 1.54) is 0 Å². The maximum absolute atomic E-state index is 3.95. The fourth-order valence-corrected chi connectivity index (χ4v) is 1.06. The van der Waals surface area contributed by atoms with Gasteiger partial charge in [0.2, 0.25) is 0 Å². The van der Waals surface area contributed by atoms with Gasteiger partial charge in [0.1, 0.15) is 11.0 Å². The van der Waals surface area contributed by atoms with E-state index in [1.54, 1.807) is 11.6 Å². The second kappa shape index (κ2) is 2.67. The second-order valence-corrected chi connectivity index (χ2v) is 2.35. The van der Waals surface area contributed by atoms with Crippen molar-refractivity contribution in [1.29, 1.82) is 0 Å². The minimum atomic E-state index is 0.875. The SMILES string of the molecule is CC#Cn1nnc2ccccc21. The van der Waals surface area contributed by atoms with E-state index in [0.717, 1.165) is 11.0 Å². The Bertz CT molecular complexity index is 459. The van der Waals surface area contributed by atoms with Crippen LogP contribution in [0.5, 0.6) is 0 Å². The van der Waals surface area contributed by atoms with Gasteiger partial charge in [-0.25, -0.2) is 0 Å². The number of rotatable bonds is 0. The van der Waals surface area contributed by atoms with Crippen LogP contribution in [0, 0.1) is 12.0 Å². The minimum absolute atomic E-state index is 0.875. The third-order valence-electron chi connectivity index (χ3n) is 1.57. The van der Waals surface area contributed by atoms with Crippen molar-refractivity contribution in [2.75, 3.05) is 0 Å². The quantitative estimate of drug-likeness (QED) is 0.539. The third kappa shape index (κ3) is 0.940. The van der Waals surface area contributed by atoms with Gasteiger partial charge in [-0.05, 0) is 19.1 Å². The van der Waals surface area contributed by atoms with Crippen LogP contribution in [-0.2, 0) is 0 Å². The minimum Gasteiger partial charge on any atom is -0.169 e. The van der Waals surface area contributed by atoms with Crippen LogP contribution in [0.25, 0.3) is 11.0 Å². The fraction of sp³-hybridized carbons (Fsp3) is 0.111. The normalized spacial score (nSPS) is 9.42. The predicted octanol–water partition coefficient (Wildman–Crippen LogP) is 1.26. The first-order chi connectivity index (χ1) is 5.92. The summed E-state index contributed by atoms with van der Waals surface area (Å²) in [5.74, 6) is 2.77. The lowest BCUT2D eigenvalue weighted by atomic mass is 10.3. The van der Waals surface area contributed by atoms with Gasteiger partial charge >= 0.3 is 0 Å². The van der Waals surface area contributed by atoms with Crippen LogP contribution >= 0.6 is 0 Å². The molecule has 0 saturated carbocycles. The van der Waals surface area contributed by atoms with Crippen LogP contribution in [-0.4, -0.2) is 15.0 Å². The summed E-state index contributed by atoms with van der Waals surface area (Å²) in [5, 5.41) is 7.83. The monoisotopic (exact) mass is 157 g/mol. The molecule has 1 aromatic carbocycles. The molecule has 0 atom stereocenters. The summed E-state index contributed by atoms with van der Waals surface area (Å²) >= 11 is 0. The molecule has 0 fully saturated rings. The second-order valence-electron chi connectivity index (χ2n) is 2.35. The molecule has 0 unspecified atom stereocenters. The van der Waals surface area contributed by atoms with Gasteiger partial charge in [0.05, 0.1) is 0 Å². The number of benzene rings is 1. The molecule has 0 amide bonds. The number of nitrogens with zero attached hydrogens (tertiary/aromatic N) is 3. The van der Waals surface area contributed by atoms with Gasteiger partial charge in [-0.2, -0.15) is 4.68 Å². The molecule has 1 aromatic heterocycles. The predicted molar refractivity (Wildman–Crippen MR) is 46.4 cm³/mol. The van der Waals surface area contributed by atoms with E-state index in [2.05, 4.69) is 22.3 Å². The van der Waals surface area contributed by atoms with Gasteiger partial charge < -0.3 is 0 Å². The van der Waals surface area contributed by atoms with Crippen LogP contribution in [0.3, 0.4) is 0 Å². The number of para-hydroxylation sites is 1. The molecule has 1 heterocycles. The molecule has 3 heteroatoms. The largest absolute Gasteiger partial charge is 0.169 e. The van der Waals surface area contributed by atoms with Crippen LogP contribution < -0.4 is 0 Å². The van der Waals surface area contributed by atoms with Crippen LogP contribution in [0.15, 0.2) is 24.3 Å². The average molecular weight is 157 g/mol. The summed E-state index contributed by atoms with van der Waals surface area (Å²) in [6, 6.07) is 10.6. The molecule has 0 bridgehead atoms. The molecular weight excluding hydrogens is 150 g/mol. The molecule has 2 aromatic rings. The smallest absolute Gasteiger partial charge is 0.114 e. The summed E-state index contributed by atoms with van der Waals surface area (Å²) in [5.41, 5.74) is 1.83. The Morgan fingerprint density at radius 3 is 3.00 bits per heavy atom. The first-order valence-corrected chi connectivity index (χ1v) is 3.65. The lowest BCUT2D eigenvalue weighted by molar-refractivity contribution is 0.848. The number of hydrogen-bond acceptors (Lipinski definition) is 2. The van der Waals surface area contributed by atoms with Crippen molar-refractivity contribution in [3.05, 3.63) is 24.3 Å². The van der Waals surface area contributed by atoms with Gasteiger partial charge in [-0.1, -0.05) is 23.3 Å². The Morgan fingerprint density at radius 1 is 1.33 bits per heavy atom. The Morgan fingerprint density at radius 2 is 2.17 bits per heavy atom. The standard InChI is InChI=1S/C9H7N3/c1-2-7-12-9-6-4-3-5-8(9)10-11-12/h3-6H,1H3. The Balaban J connectivity index is 2.76. The number of fused-ring (bicyclic) bond motifs is 1. The van der Waals surface area contributed by atoms with E-state index < -0.39 is 0 Å². The molecule has 0 N–H and O–H groups in total. The Hall–Kier alpha value is -1.82. The lowest BCUT2D eigenvalue weighted by Gasteiger charge is -1.87. The molecule has 0 aliphatic carbocycles. The van der Waals surface area contributed by atoms with Gasteiger partial charge in [0.25, 0.3) is 0 Å². The highest BCUT2D eigenvalue weighted by Gasteiger charge is 1.98. The van der Waals surface area contributed by atoms with Crippen LogP contribution in [0.2, 0.25) is 0 Å². The zero-order valence-corrected chi connectivity index (χ0v) is 6.65. The van der Waals surface area contributed by atoms with Crippen molar-refractivity contribution in [3.8, 4) is 12.0 Å². The summed E-state index contributed by atoms with van der Waals surface area (Å²) in [6.07, 6.45) is 0. The van der Waals surface area contributed by atoms with Crippen molar-refractivity contribution in [2.24, 2.45) is 0 Å². The fourth-order valence-electron chi connectivity index (χ4n) is 1.06. The highest BCUT2D eigenvalue weighted by atomic mass is 15.4. The zero-order chi connectivity index (χ0) is 8.39. The maximum Gasteiger partial charge on any atom is 0.114 e. The summed E-state index contributed by atoms with van der Waals surface area (Å²) in [7, 11) is 0. The lowest BCUT2D eigenvalue weighted by Crippen LogP contribution is -1.89. The highest BCUT2D eigenvalue weighted by molar-refractivity contribution is 5.74. The topological polar surface area (TPSA) is 30.7 Å². The Kier molecular flexibility index (Phi) is 1.52. The molecule has 3 nitrogen and oxygen atoms in total. The van der Waals surface area contributed by atoms with Crippen molar-refractivity contribution < 1.29 is 0 Å². The number of aromatic nitrogens is 3. The molecule has 0 aliphatic rings. The molecular formula is C9H7N3. The van der Waals surface area contributed by atoms with Gasteiger partial charge in [0, 0.05) is 6.04 Å². The number of hydrogen-bond donors (Lipinski definition) is 0. The van der Waals surface area contributed by atoms with E-state index in [-0.39, 0.29) is 0 Å². The molecule has 58 valence electrons. The van der Waals surface area contributed by atoms with Crippen molar-refractivity contribution in [3.63, 3.8) is 0 Å². The van der Waals surface area contributed by atoms with Crippen molar-refractivity contribution in [2.45, 2.75) is 6.92 Å². The van der Waals surface area contributed by atoms with E-state index in [0.29, 0.717) is 0 Å². The molecule has 12 heavy (non-hydrogen) atoms. The first-order valence-electron chi connectivity index (χ1n) is 3.65. The summed E-state index contributed by atoms with van der Waals surface area (Å²) in [4.78, 5) is 0. The van der Waals surface area contributed by atoms with E-state index in [1.807, 2.05) is 24.3 Å². The van der Waals surface area contributed by atoms with E-state index >= 15 is 0 Å². The van der Waals surface area contributed by atoms with Gasteiger partial charge in [-0.15, -0.1) is 5.10 Å². The van der Waals surface area contributed by atoms with Gasteiger partial charge in [0.15, 0.2) is 0 Å². The van der Waals surface area contributed by atoms with Crippen molar-refractivity contribution >= 4 is 11.0 Å². The van der Waals surface area contributed by atoms with Gasteiger partial charge in [-0.3, -0.25) is 0 Å². The maximum atomic E-state index is 3.95. The summed E-state index contributed by atoms with van der Waals surface area (Å²) < 4.78 is 1.58. The Labute approximate surface area is 70.0 Å². The van der Waals surface area contributed by atoms with Crippen LogP contribution in [0.4, 0.5) is 0 Å². The highest BCUT2D eigenvalue weighted by Crippen LogP contribution is 2.07. The molecule has 0 spiro atoms. The molecule has 0 aliphatic heterocycles. The third-order valence-corrected chi connectivity index (χ3v) is 1.57.